The van der Waals surface area contributed by atoms with Crippen LogP contribution in [0, 0.1) is 5.92 Å². The first-order valence-electron chi connectivity index (χ1n) is 4.94. The number of hydrogen-bond acceptors (Lipinski definition) is 1. The number of rotatable bonds is 0. The van der Waals surface area contributed by atoms with Gasteiger partial charge in [0.2, 0.25) is 0 Å². The largest absolute Gasteiger partial charge is 0.362 e. The quantitative estimate of drug-likeness (QED) is 0.478. The molecule has 2 aliphatic rings. The lowest BCUT2D eigenvalue weighted by atomic mass is 9.93. The van der Waals surface area contributed by atoms with E-state index in [1.165, 1.54) is 12.8 Å². The normalized spacial score (nSPS) is 39.8. The summed E-state index contributed by atoms with van der Waals surface area (Å²) in [5.74, 6) is 0.718. The van der Waals surface area contributed by atoms with Gasteiger partial charge in [-0.15, -0.1) is 11.6 Å². The van der Waals surface area contributed by atoms with E-state index < -0.39 is 0 Å². The maximum absolute atomic E-state index is 6.18. The molecule has 0 aromatic carbocycles. The van der Waals surface area contributed by atoms with Crippen LogP contribution in [-0.2, 0) is 0 Å². The van der Waals surface area contributed by atoms with Crippen LogP contribution in [-0.4, -0.2) is 23.1 Å². The Morgan fingerprint density at radius 3 is 3.08 bits per heavy atom. The van der Waals surface area contributed by atoms with Crippen molar-refractivity contribution in [2.24, 2.45) is 5.92 Å². The molecule has 1 saturated heterocycles. The highest BCUT2D eigenvalue weighted by Gasteiger charge is 2.30. The van der Waals surface area contributed by atoms with Gasteiger partial charge in [0.05, 0.1) is 0 Å². The SMILES string of the molecule is S=C1NCC2CCCC(Cl)CC2N1. The summed E-state index contributed by atoms with van der Waals surface area (Å²) in [4.78, 5) is 0. The van der Waals surface area contributed by atoms with E-state index in [0.29, 0.717) is 11.4 Å². The molecule has 4 heteroatoms. The molecule has 13 heavy (non-hydrogen) atoms. The molecule has 0 amide bonds. The Morgan fingerprint density at radius 2 is 2.23 bits per heavy atom. The summed E-state index contributed by atoms with van der Waals surface area (Å²) in [7, 11) is 0. The summed E-state index contributed by atoms with van der Waals surface area (Å²) in [5, 5.41) is 7.66. The summed E-state index contributed by atoms with van der Waals surface area (Å²) >= 11 is 11.3. The fourth-order valence-electron chi connectivity index (χ4n) is 2.25. The number of alkyl halides is 1. The number of halogens is 1. The number of fused-ring (bicyclic) bond motifs is 1. The van der Waals surface area contributed by atoms with E-state index in [4.69, 9.17) is 23.8 Å². The Labute approximate surface area is 89.4 Å². The van der Waals surface area contributed by atoms with Crippen LogP contribution in [0.25, 0.3) is 0 Å². The van der Waals surface area contributed by atoms with Crippen LogP contribution in [0.15, 0.2) is 0 Å². The van der Waals surface area contributed by atoms with Crippen molar-refractivity contribution in [2.45, 2.75) is 37.1 Å². The van der Waals surface area contributed by atoms with E-state index in [-0.39, 0.29) is 0 Å². The van der Waals surface area contributed by atoms with Crippen molar-refractivity contribution in [1.29, 1.82) is 0 Å². The smallest absolute Gasteiger partial charge is 0.166 e. The Kier molecular flexibility index (Phi) is 2.94. The summed E-state index contributed by atoms with van der Waals surface area (Å²) in [6, 6.07) is 0.513. The molecule has 2 fully saturated rings. The molecule has 0 aromatic rings. The zero-order valence-electron chi connectivity index (χ0n) is 7.55. The van der Waals surface area contributed by atoms with Gasteiger partial charge in [-0.2, -0.15) is 0 Å². The first-order chi connectivity index (χ1) is 6.25. The minimum Gasteiger partial charge on any atom is -0.362 e. The highest BCUT2D eigenvalue weighted by molar-refractivity contribution is 7.80. The molecule has 1 saturated carbocycles. The van der Waals surface area contributed by atoms with Gasteiger partial charge >= 0.3 is 0 Å². The van der Waals surface area contributed by atoms with E-state index in [9.17, 15) is 0 Å². The molecule has 3 atom stereocenters. The maximum Gasteiger partial charge on any atom is 0.166 e. The van der Waals surface area contributed by atoms with Gasteiger partial charge in [-0.1, -0.05) is 6.42 Å². The molecule has 0 spiro atoms. The molecule has 2 rings (SSSR count). The molecule has 1 aliphatic heterocycles. The van der Waals surface area contributed by atoms with Crippen molar-refractivity contribution in [3.8, 4) is 0 Å². The molecule has 0 bridgehead atoms. The zero-order valence-corrected chi connectivity index (χ0v) is 9.13. The molecule has 1 aliphatic carbocycles. The highest BCUT2D eigenvalue weighted by atomic mass is 35.5. The van der Waals surface area contributed by atoms with Crippen LogP contribution >= 0.6 is 23.8 Å². The third-order valence-corrected chi connectivity index (χ3v) is 3.67. The Morgan fingerprint density at radius 1 is 1.38 bits per heavy atom. The molecule has 74 valence electrons. The summed E-state index contributed by atoms with van der Waals surface area (Å²) in [5.41, 5.74) is 0. The third kappa shape index (κ3) is 2.26. The molecular weight excluding hydrogens is 204 g/mol. The lowest BCUT2D eigenvalue weighted by Crippen LogP contribution is -2.54. The fourth-order valence-corrected chi connectivity index (χ4v) is 2.83. The van der Waals surface area contributed by atoms with Gasteiger partial charge in [0.15, 0.2) is 5.11 Å². The average molecular weight is 219 g/mol. The van der Waals surface area contributed by atoms with Gasteiger partial charge in [-0.25, -0.2) is 0 Å². The molecule has 1 heterocycles. The second-order valence-corrected chi connectivity index (χ2v) is 5.01. The second-order valence-electron chi connectivity index (χ2n) is 3.98. The van der Waals surface area contributed by atoms with E-state index in [1.807, 2.05) is 0 Å². The highest BCUT2D eigenvalue weighted by Crippen LogP contribution is 2.27. The van der Waals surface area contributed by atoms with Crippen LogP contribution < -0.4 is 10.6 Å². The van der Waals surface area contributed by atoms with Crippen molar-refractivity contribution in [3.63, 3.8) is 0 Å². The molecule has 0 aromatic heterocycles. The third-order valence-electron chi connectivity index (χ3n) is 3.01. The number of nitrogens with one attached hydrogen (secondary N) is 2. The zero-order chi connectivity index (χ0) is 9.26. The standard InChI is InChI=1S/C9H15ClN2S/c10-7-3-1-2-6-5-11-9(13)12-8(6)4-7/h6-8H,1-5H2,(H2,11,12,13). The van der Waals surface area contributed by atoms with Crippen LogP contribution in [0.3, 0.4) is 0 Å². The topological polar surface area (TPSA) is 24.1 Å². The first kappa shape index (κ1) is 9.53. The van der Waals surface area contributed by atoms with Crippen molar-refractivity contribution < 1.29 is 0 Å². The molecule has 3 unspecified atom stereocenters. The van der Waals surface area contributed by atoms with Crippen LogP contribution in [0.5, 0.6) is 0 Å². The van der Waals surface area contributed by atoms with Crippen LogP contribution in [0.4, 0.5) is 0 Å². The van der Waals surface area contributed by atoms with E-state index >= 15 is 0 Å². The fraction of sp³-hybridized carbons (Fsp3) is 0.889. The van der Waals surface area contributed by atoms with E-state index in [1.54, 1.807) is 0 Å². The monoisotopic (exact) mass is 218 g/mol. The van der Waals surface area contributed by atoms with Crippen molar-refractivity contribution in [2.75, 3.05) is 6.54 Å². The second kappa shape index (κ2) is 4.01. The van der Waals surface area contributed by atoms with E-state index in [0.717, 1.165) is 30.4 Å². The average Bonchev–Trinajstić information content (AvgIpc) is 2.25. The van der Waals surface area contributed by atoms with Gasteiger partial charge in [-0.3, -0.25) is 0 Å². The van der Waals surface area contributed by atoms with Gasteiger partial charge in [0, 0.05) is 18.0 Å². The van der Waals surface area contributed by atoms with Gasteiger partial charge in [0.25, 0.3) is 0 Å². The van der Waals surface area contributed by atoms with Gasteiger partial charge in [0.1, 0.15) is 0 Å². The predicted molar refractivity (Wildman–Crippen MR) is 59.1 cm³/mol. The number of thiocarbonyl (C=S) groups is 1. The molecule has 2 N–H and O–H groups in total. The van der Waals surface area contributed by atoms with Crippen LogP contribution in [0.2, 0.25) is 0 Å². The van der Waals surface area contributed by atoms with Gasteiger partial charge < -0.3 is 10.6 Å². The Hall–Kier alpha value is -0.0200. The Balaban J connectivity index is 2.01. The summed E-state index contributed by atoms with van der Waals surface area (Å²) in [6.45, 7) is 1.03. The number of hydrogen-bond donors (Lipinski definition) is 2. The maximum atomic E-state index is 6.18. The molecule has 0 radical (unpaired) electrons. The first-order valence-corrected chi connectivity index (χ1v) is 5.78. The lowest BCUT2D eigenvalue weighted by Gasteiger charge is -2.33. The van der Waals surface area contributed by atoms with Crippen LogP contribution in [0.1, 0.15) is 25.7 Å². The van der Waals surface area contributed by atoms with Crippen molar-refractivity contribution >= 4 is 28.9 Å². The van der Waals surface area contributed by atoms with E-state index in [2.05, 4.69) is 10.6 Å². The summed E-state index contributed by atoms with van der Waals surface area (Å²) in [6.07, 6.45) is 4.75. The Bertz CT molecular complexity index is 210. The predicted octanol–water partition coefficient (Wildman–Crippen LogP) is 1.63. The molecule has 2 nitrogen and oxygen atoms in total. The molecular formula is C9H15ClN2S. The van der Waals surface area contributed by atoms with Crippen molar-refractivity contribution in [1.82, 2.24) is 10.6 Å². The van der Waals surface area contributed by atoms with Gasteiger partial charge in [-0.05, 0) is 37.4 Å². The van der Waals surface area contributed by atoms with Crippen molar-refractivity contribution in [3.05, 3.63) is 0 Å². The summed E-state index contributed by atoms with van der Waals surface area (Å²) < 4.78 is 0. The lowest BCUT2D eigenvalue weighted by molar-refractivity contribution is 0.343. The minimum atomic E-state index is 0.336. The minimum absolute atomic E-state index is 0.336.